The topological polar surface area (TPSA) is 87.1 Å². The number of carbonyl (C=O) groups is 2. The van der Waals surface area contributed by atoms with Crippen LogP contribution in [0.1, 0.15) is 43.4 Å². The summed E-state index contributed by atoms with van der Waals surface area (Å²) in [6.07, 6.45) is 2.61. The number of phenols is 1. The number of amides is 1. The Morgan fingerprint density at radius 1 is 1.13 bits per heavy atom. The number of aromatic hydroxyl groups is 1. The Morgan fingerprint density at radius 2 is 1.83 bits per heavy atom. The summed E-state index contributed by atoms with van der Waals surface area (Å²) in [5.41, 5.74) is 0.828. The van der Waals surface area contributed by atoms with Crippen LogP contribution in [0.2, 0.25) is 5.02 Å². The second kappa shape index (κ2) is 9.22. The van der Waals surface area contributed by atoms with Crippen molar-refractivity contribution in [2.24, 2.45) is 0 Å². The highest BCUT2D eigenvalue weighted by Gasteiger charge is 2.46. The van der Waals surface area contributed by atoms with E-state index in [1.54, 1.807) is 24.3 Å². The van der Waals surface area contributed by atoms with Gasteiger partial charge < -0.3 is 19.8 Å². The number of unbranched alkanes of at least 4 members (excludes halogenated alkanes) is 2. The Balaban J connectivity index is 2.18. The SMILES string of the molecule is CCCCCN1C(=O)C(=O)/C(=C(/O)c2cc(Cl)ccc2OC)C1c1ccc(O)cc1. The van der Waals surface area contributed by atoms with Crippen molar-refractivity contribution < 1.29 is 24.5 Å². The Kier molecular flexibility index (Phi) is 6.67. The Bertz CT molecular complexity index is 984. The zero-order chi connectivity index (χ0) is 21.8. The summed E-state index contributed by atoms with van der Waals surface area (Å²) in [6.45, 7) is 2.43. The molecule has 1 aliphatic rings. The van der Waals surface area contributed by atoms with Crippen molar-refractivity contribution in [2.75, 3.05) is 13.7 Å². The second-order valence-corrected chi connectivity index (χ2v) is 7.57. The van der Waals surface area contributed by atoms with E-state index in [0.717, 1.165) is 19.3 Å². The van der Waals surface area contributed by atoms with Gasteiger partial charge >= 0.3 is 0 Å². The van der Waals surface area contributed by atoms with Crippen LogP contribution >= 0.6 is 11.6 Å². The van der Waals surface area contributed by atoms with Gasteiger partial charge in [-0.15, -0.1) is 0 Å². The molecular formula is C23H24ClNO5. The molecular weight excluding hydrogens is 406 g/mol. The molecule has 2 aromatic carbocycles. The van der Waals surface area contributed by atoms with Crippen molar-refractivity contribution >= 4 is 29.1 Å². The van der Waals surface area contributed by atoms with Crippen LogP contribution in [-0.4, -0.2) is 40.5 Å². The summed E-state index contributed by atoms with van der Waals surface area (Å²) in [5, 5.41) is 21.1. The van der Waals surface area contributed by atoms with Gasteiger partial charge in [-0.3, -0.25) is 9.59 Å². The number of aliphatic hydroxyl groups is 1. The molecule has 1 amide bonds. The van der Waals surface area contributed by atoms with E-state index < -0.39 is 17.7 Å². The Morgan fingerprint density at radius 3 is 2.47 bits per heavy atom. The van der Waals surface area contributed by atoms with Gasteiger partial charge in [-0.2, -0.15) is 0 Å². The quantitative estimate of drug-likeness (QED) is 0.289. The van der Waals surface area contributed by atoms with Crippen molar-refractivity contribution in [1.29, 1.82) is 0 Å². The molecule has 2 N–H and O–H groups in total. The van der Waals surface area contributed by atoms with Crippen molar-refractivity contribution in [3.05, 3.63) is 64.2 Å². The zero-order valence-corrected chi connectivity index (χ0v) is 17.6. The molecule has 0 spiro atoms. The van der Waals surface area contributed by atoms with Gasteiger partial charge in [0.2, 0.25) is 0 Å². The van der Waals surface area contributed by atoms with Crippen molar-refractivity contribution in [3.63, 3.8) is 0 Å². The largest absolute Gasteiger partial charge is 0.508 e. The number of halogens is 1. The van der Waals surface area contributed by atoms with Crippen LogP contribution in [0.4, 0.5) is 0 Å². The first-order valence-electron chi connectivity index (χ1n) is 9.80. The highest BCUT2D eigenvalue weighted by Crippen LogP contribution is 2.41. The third-order valence-electron chi connectivity index (χ3n) is 5.17. The Hall–Kier alpha value is -2.99. The van der Waals surface area contributed by atoms with Gasteiger partial charge in [-0.25, -0.2) is 0 Å². The fraction of sp³-hybridized carbons (Fsp3) is 0.304. The van der Waals surface area contributed by atoms with Crippen LogP contribution in [0.15, 0.2) is 48.0 Å². The second-order valence-electron chi connectivity index (χ2n) is 7.14. The lowest BCUT2D eigenvalue weighted by Gasteiger charge is -2.25. The number of ketones is 1. The smallest absolute Gasteiger partial charge is 0.295 e. The first kappa shape index (κ1) is 21.7. The number of hydrogen-bond acceptors (Lipinski definition) is 5. The lowest BCUT2D eigenvalue weighted by atomic mass is 9.95. The summed E-state index contributed by atoms with van der Waals surface area (Å²) >= 11 is 6.09. The molecule has 1 fully saturated rings. The molecule has 3 rings (SSSR count). The summed E-state index contributed by atoms with van der Waals surface area (Å²) in [6, 6.07) is 10.2. The maximum atomic E-state index is 13.0. The van der Waals surface area contributed by atoms with Gasteiger partial charge in [0.05, 0.1) is 24.3 Å². The molecule has 1 atom stereocenters. The van der Waals surface area contributed by atoms with Gasteiger partial charge in [0.15, 0.2) is 0 Å². The summed E-state index contributed by atoms with van der Waals surface area (Å²) < 4.78 is 5.31. The van der Waals surface area contributed by atoms with Gasteiger partial charge in [-0.05, 0) is 42.3 Å². The fourth-order valence-corrected chi connectivity index (χ4v) is 3.83. The molecule has 7 heteroatoms. The molecule has 2 aromatic rings. The number of likely N-dealkylation sites (tertiary alicyclic amines) is 1. The standard InChI is InChI=1S/C23H24ClNO5/c1-3-4-5-12-25-20(14-6-9-16(26)10-7-14)19(22(28)23(25)29)21(27)17-13-15(24)8-11-18(17)30-2/h6-11,13,20,26-27H,3-5,12H2,1-2H3/b21-19+. The molecule has 1 unspecified atom stereocenters. The number of benzene rings is 2. The number of Topliss-reactive ketones (excluding diaryl/α,β-unsaturated/α-hetero) is 1. The average Bonchev–Trinajstić information content (AvgIpc) is 2.99. The molecule has 0 aromatic heterocycles. The molecule has 0 bridgehead atoms. The normalized spacial score (nSPS) is 18.1. The number of phenolic OH excluding ortho intramolecular Hbond substituents is 1. The van der Waals surface area contributed by atoms with Gasteiger partial charge in [0.25, 0.3) is 11.7 Å². The van der Waals surface area contributed by atoms with E-state index in [1.165, 1.54) is 30.2 Å². The number of carbonyl (C=O) groups excluding carboxylic acids is 2. The van der Waals surface area contributed by atoms with Crippen LogP contribution in [0.3, 0.4) is 0 Å². The Labute approximate surface area is 180 Å². The maximum absolute atomic E-state index is 13.0. The van der Waals surface area contributed by atoms with E-state index in [9.17, 15) is 19.8 Å². The molecule has 30 heavy (non-hydrogen) atoms. The monoisotopic (exact) mass is 429 g/mol. The van der Waals surface area contributed by atoms with Crippen LogP contribution in [0, 0.1) is 0 Å². The average molecular weight is 430 g/mol. The lowest BCUT2D eigenvalue weighted by Crippen LogP contribution is -2.30. The maximum Gasteiger partial charge on any atom is 0.295 e. The number of ether oxygens (including phenoxy) is 1. The van der Waals surface area contributed by atoms with Gasteiger partial charge in [0.1, 0.15) is 17.3 Å². The molecule has 0 saturated carbocycles. The predicted molar refractivity (Wildman–Crippen MR) is 115 cm³/mol. The first-order chi connectivity index (χ1) is 14.4. The van der Waals surface area contributed by atoms with Gasteiger partial charge in [-0.1, -0.05) is 43.5 Å². The minimum Gasteiger partial charge on any atom is -0.508 e. The molecule has 1 aliphatic heterocycles. The summed E-state index contributed by atoms with van der Waals surface area (Å²) in [7, 11) is 1.45. The van der Waals surface area contributed by atoms with E-state index in [0.29, 0.717) is 22.9 Å². The van der Waals surface area contributed by atoms with Crippen molar-refractivity contribution in [1.82, 2.24) is 4.90 Å². The predicted octanol–water partition coefficient (Wildman–Crippen LogP) is 4.67. The van der Waals surface area contributed by atoms with Gasteiger partial charge in [0, 0.05) is 11.6 Å². The molecule has 6 nitrogen and oxygen atoms in total. The number of methoxy groups -OCH3 is 1. The van der Waals surface area contributed by atoms with E-state index in [2.05, 4.69) is 6.92 Å². The van der Waals surface area contributed by atoms with E-state index in [1.807, 2.05) is 0 Å². The molecule has 0 aliphatic carbocycles. The fourth-order valence-electron chi connectivity index (χ4n) is 3.66. The summed E-state index contributed by atoms with van der Waals surface area (Å²) in [4.78, 5) is 27.3. The minimum absolute atomic E-state index is 0.0252. The van der Waals surface area contributed by atoms with E-state index in [-0.39, 0.29) is 22.6 Å². The molecule has 1 saturated heterocycles. The number of rotatable bonds is 7. The van der Waals surface area contributed by atoms with Crippen LogP contribution in [0.5, 0.6) is 11.5 Å². The molecule has 1 heterocycles. The third kappa shape index (κ3) is 4.14. The number of nitrogens with zero attached hydrogens (tertiary/aromatic N) is 1. The van der Waals surface area contributed by atoms with Crippen molar-refractivity contribution in [2.45, 2.75) is 32.2 Å². The van der Waals surface area contributed by atoms with E-state index >= 15 is 0 Å². The highest BCUT2D eigenvalue weighted by molar-refractivity contribution is 6.46. The number of aliphatic hydroxyl groups excluding tert-OH is 1. The number of hydrogen-bond donors (Lipinski definition) is 2. The minimum atomic E-state index is -0.772. The molecule has 0 radical (unpaired) electrons. The lowest BCUT2D eigenvalue weighted by molar-refractivity contribution is -0.139. The highest BCUT2D eigenvalue weighted by atomic mass is 35.5. The van der Waals surface area contributed by atoms with Crippen LogP contribution in [-0.2, 0) is 9.59 Å². The first-order valence-corrected chi connectivity index (χ1v) is 10.2. The van der Waals surface area contributed by atoms with Crippen molar-refractivity contribution in [3.8, 4) is 11.5 Å². The van der Waals surface area contributed by atoms with Crippen LogP contribution < -0.4 is 4.74 Å². The van der Waals surface area contributed by atoms with E-state index in [4.69, 9.17) is 16.3 Å². The molecule has 158 valence electrons. The third-order valence-corrected chi connectivity index (χ3v) is 5.40. The summed E-state index contributed by atoms with van der Waals surface area (Å²) in [5.74, 6) is -1.36. The van der Waals surface area contributed by atoms with Crippen LogP contribution in [0.25, 0.3) is 5.76 Å². The zero-order valence-electron chi connectivity index (χ0n) is 16.9.